The highest BCUT2D eigenvalue weighted by Crippen LogP contribution is 2.29. The van der Waals surface area contributed by atoms with Gasteiger partial charge in [-0.15, -0.1) is 0 Å². The summed E-state index contributed by atoms with van der Waals surface area (Å²) in [4.78, 5) is 18.3. The van der Waals surface area contributed by atoms with Gasteiger partial charge in [0.05, 0.1) is 0 Å². The number of pyridine rings is 1. The second kappa shape index (κ2) is 8.11. The number of carbonyl (C=O) groups is 1. The Morgan fingerprint density at radius 3 is 2.73 bits per heavy atom. The van der Waals surface area contributed by atoms with Gasteiger partial charge in [0.1, 0.15) is 5.69 Å². The predicted molar refractivity (Wildman–Crippen MR) is 92.6 cm³/mol. The zero-order valence-corrected chi connectivity index (χ0v) is 14.8. The van der Waals surface area contributed by atoms with Crippen molar-refractivity contribution in [2.24, 2.45) is 5.92 Å². The maximum atomic E-state index is 12.8. The van der Waals surface area contributed by atoms with Crippen molar-refractivity contribution >= 4 is 17.7 Å². The molecule has 2 aromatic heterocycles. The van der Waals surface area contributed by atoms with Crippen molar-refractivity contribution in [2.75, 3.05) is 18.1 Å². The lowest BCUT2D eigenvalue weighted by atomic mass is 10.0. The monoisotopic (exact) mass is 384 g/mol. The van der Waals surface area contributed by atoms with Crippen LogP contribution in [0.15, 0.2) is 30.6 Å². The van der Waals surface area contributed by atoms with Gasteiger partial charge >= 0.3 is 6.18 Å². The van der Waals surface area contributed by atoms with Gasteiger partial charge in [0.15, 0.2) is 5.69 Å². The summed E-state index contributed by atoms with van der Waals surface area (Å²) in [7, 11) is 0. The third-order valence-corrected chi connectivity index (χ3v) is 5.58. The zero-order valence-electron chi connectivity index (χ0n) is 14.0. The Hall–Kier alpha value is -2.03. The van der Waals surface area contributed by atoms with Crippen LogP contribution in [0.2, 0.25) is 0 Å². The molecule has 0 bridgehead atoms. The third kappa shape index (κ3) is 4.78. The first-order valence-electron chi connectivity index (χ1n) is 8.32. The molecule has 1 unspecified atom stereocenters. The number of halogens is 3. The van der Waals surface area contributed by atoms with E-state index in [0.717, 1.165) is 36.0 Å². The number of thioether (sulfide) groups is 1. The number of rotatable bonds is 6. The smallest absolute Gasteiger partial charge is 0.333 e. The molecule has 5 nitrogen and oxygen atoms in total. The molecule has 2 aromatic rings. The van der Waals surface area contributed by atoms with Crippen LogP contribution in [0.1, 0.15) is 34.6 Å². The van der Waals surface area contributed by atoms with Gasteiger partial charge in [-0.3, -0.25) is 14.9 Å². The summed E-state index contributed by atoms with van der Waals surface area (Å²) in [6, 6.07) is 4.35. The maximum Gasteiger partial charge on any atom is 0.432 e. The van der Waals surface area contributed by atoms with Crippen LogP contribution in [0.4, 0.5) is 13.2 Å². The lowest BCUT2D eigenvalue weighted by molar-refractivity contribution is -0.141. The fourth-order valence-corrected chi connectivity index (χ4v) is 4.18. The van der Waals surface area contributed by atoms with Crippen LogP contribution in [0, 0.1) is 5.92 Å². The Morgan fingerprint density at radius 2 is 2.12 bits per heavy atom. The van der Waals surface area contributed by atoms with Crippen LogP contribution in [0.25, 0.3) is 0 Å². The van der Waals surface area contributed by atoms with E-state index in [4.69, 9.17) is 0 Å². The van der Waals surface area contributed by atoms with E-state index in [2.05, 4.69) is 10.1 Å². The SMILES string of the molecule is O=C(c1cc(C(F)(F)F)[nH]n1)N(CCC1CCSC1)Cc1ccncc1. The molecule has 140 valence electrons. The third-order valence-electron chi connectivity index (χ3n) is 4.34. The van der Waals surface area contributed by atoms with Crippen molar-refractivity contribution < 1.29 is 18.0 Å². The summed E-state index contributed by atoms with van der Waals surface area (Å²) in [5.41, 5.74) is -0.357. The van der Waals surface area contributed by atoms with Crippen LogP contribution in [0.5, 0.6) is 0 Å². The van der Waals surface area contributed by atoms with E-state index >= 15 is 0 Å². The lowest BCUT2D eigenvalue weighted by Gasteiger charge is -2.23. The van der Waals surface area contributed by atoms with Gasteiger partial charge in [0.25, 0.3) is 5.91 Å². The number of aromatic amines is 1. The normalized spacial score (nSPS) is 17.4. The fraction of sp³-hybridized carbons (Fsp3) is 0.471. The summed E-state index contributed by atoms with van der Waals surface area (Å²) >= 11 is 1.89. The van der Waals surface area contributed by atoms with E-state index in [0.29, 0.717) is 19.0 Å². The largest absolute Gasteiger partial charge is 0.432 e. The summed E-state index contributed by atoms with van der Waals surface area (Å²) in [5.74, 6) is 2.23. The number of H-pyrrole nitrogens is 1. The van der Waals surface area contributed by atoms with E-state index < -0.39 is 17.8 Å². The van der Waals surface area contributed by atoms with Gasteiger partial charge in [-0.2, -0.15) is 30.0 Å². The molecule has 0 radical (unpaired) electrons. The predicted octanol–water partition coefficient (Wildman–Crippen LogP) is 3.61. The number of carbonyl (C=O) groups excluding carboxylic acids is 1. The minimum Gasteiger partial charge on any atom is -0.333 e. The molecule has 26 heavy (non-hydrogen) atoms. The van der Waals surface area contributed by atoms with E-state index in [-0.39, 0.29) is 5.69 Å². The molecule has 0 spiro atoms. The van der Waals surface area contributed by atoms with Gasteiger partial charge < -0.3 is 4.90 Å². The van der Waals surface area contributed by atoms with Gasteiger partial charge in [0.2, 0.25) is 0 Å². The quantitative estimate of drug-likeness (QED) is 0.827. The van der Waals surface area contributed by atoms with Crippen LogP contribution >= 0.6 is 11.8 Å². The molecule has 1 atom stereocenters. The first-order valence-corrected chi connectivity index (χ1v) is 9.47. The number of aromatic nitrogens is 3. The molecular formula is C17H19F3N4OS. The van der Waals surface area contributed by atoms with Gasteiger partial charge in [-0.05, 0) is 48.0 Å². The summed E-state index contributed by atoms with van der Waals surface area (Å²) < 4.78 is 38.3. The van der Waals surface area contributed by atoms with E-state index in [1.165, 1.54) is 0 Å². The Labute approximate surface area is 153 Å². The Morgan fingerprint density at radius 1 is 1.35 bits per heavy atom. The molecule has 1 aliphatic heterocycles. The fourth-order valence-electron chi connectivity index (χ4n) is 2.85. The van der Waals surface area contributed by atoms with E-state index in [9.17, 15) is 18.0 Å². The standard InChI is InChI=1S/C17H19F3N4OS/c18-17(19,20)15-9-14(22-23-15)16(25)24(7-3-13-4-8-26-11-13)10-12-1-5-21-6-2-12/h1-2,5-6,9,13H,3-4,7-8,10-11H2,(H,22,23). The average Bonchev–Trinajstić information content (AvgIpc) is 3.30. The van der Waals surface area contributed by atoms with Crippen LogP contribution in [-0.4, -0.2) is 44.0 Å². The van der Waals surface area contributed by atoms with Gasteiger partial charge in [-0.1, -0.05) is 0 Å². The minimum absolute atomic E-state index is 0.216. The molecule has 1 fully saturated rings. The highest BCUT2D eigenvalue weighted by molar-refractivity contribution is 7.99. The molecule has 3 heterocycles. The Kier molecular flexibility index (Phi) is 5.85. The van der Waals surface area contributed by atoms with Crippen molar-refractivity contribution in [2.45, 2.75) is 25.6 Å². The number of amides is 1. The van der Waals surface area contributed by atoms with Crippen molar-refractivity contribution in [3.05, 3.63) is 47.5 Å². The Bertz CT molecular complexity index is 729. The van der Waals surface area contributed by atoms with E-state index in [1.54, 1.807) is 29.4 Å². The van der Waals surface area contributed by atoms with Gasteiger partial charge in [-0.25, -0.2) is 0 Å². The molecule has 1 amide bonds. The topological polar surface area (TPSA) is 61.9 Å². The van der Waals surface area contributed by atoms with Crippen LogP contribution < -0.4 is 0 Å². The van der Waals surface area contributed by atoms with Crippen LogP contribution in [-0.2, 0) is 12.7 Å². The summed E-state index contributed by atoms with van der Waals surface area (Å²) in [6.45, 7) is 0.802. The maximum absolute atomic E-state index is 12.8. The summed E-state index contributed by atoms with van der Waals surface area (Å²) in [5, 5.41) is 5.48. The number of nitrogens with zero attached hydrogens (tertiary/aromatic N) is 3. The highest BCUT2D eigenvalue weighted by atomic mass is 32.2. The highest BCUT2D eigenvalue weighted by Gasteiger charge is 2.34. The summed E-state index contributed by atoms with van der Waals surface area (Å²) in [6.07, 6.45) is 0.648. The first-order chi connectivity index (χ1) is 12.4. The molecule has 0 saturated carbocycles. The molecule has 3 rings (SSSR count). The lowest BCUT2D eigenvalue weighted by Crippen LogP contribution is -2.33. The number of alkyl halides is 3. The van der Waals surface area contributed by atoms with Gasteiger partial charge in [0, 0.05) is 31.5 Å². The molecule has 1 saturated heterocycles. The van der Waals surface area contributed by atoms with Crippen LogP contribution in [0.3, 0.4) is 0 Å². The van der Waals surface area contributed by atoms with Crippen molar-refractivity contribution in [1.82, 2.24) is 20.1 Å². The number of hydrogen-bond acceptors (Lipinski definition) is 4. The van der Waals surface area contributed by atoms with Crippen molar-refractivity contribution in [1.29, 1.82) is 0 Å². The molecule has 0 aromatic carbocycles. The second-order valence-electron chi connectivity index (χ2n) is 6.27. The second-order valence-corrected chi connectivity index (χ2v) is 7.41. The minimum atomic E-state index is -4.55. The molecule has 1 N–H and O–H groups in total. The first kappa shape index (κ1) is 18.8. The molecule has 1 aliphatic rings. The molecule has 0 aliphatic carbocycles. The van der Waals surface area contributed by atoms with Crippen molar-refractivity contribution in [3.8, 4) is 0 Å². The molecule has 9 heteroatoms. The Balaban J connectivity index is 1.74. The zero-order chi connectivity index (χ0) is 18.6. The number of nitrogens with one attached hydrogen (secondary N) is 1. The van der Waals surface area contributed by atoms with E-state index in [1.807, 2.05) is 16.9 Å². The average molecular weight is 384 g/mol. The van der Waals surface area contributed by atoms with Crippen molar-refractivity contribution in [3.63, 3.8) is 0 Å². The number of hydrogen-bond donors (Lipinski definition) is 1. The molecular weight excluding hydrogens is 365 g/mol.